The van der Waals surface area contributed by atoms with Gasteiger partial charge in [-0.25, -0.2) is 0 Å². The van der Waals surface area contributed by atoms with E-state index in [0.717, 1.165) is 47.7 Å². The van der Waals surface area contributed by atoms with E-state index in [1.54, 1.807) is 0 Å². The Morgan fingerprint density at radius 2 is 0.655 bits per heavy atom. The maximum Gasteiger partial charge on any atom is 0.300 e. The molecule has 29 heavy (non-hydrogen) atoms. The van der Waals surface area contributed by atoms with Crippen LogP contribution in [0.3, 0.4) is 0 Å². The molecule has 0 aliphatic heterocycles. The number of nitrogens with one attached hydrogen (secondary N) is 1. The summed E-state index contributed by atoms with van der Waals surface area (Å²) in [6.45, 7) is 8.55. The molecule has 0 fully saturated rings. The second kappa shape index (κ2) is 50.9. The van der Waals surface area contributed by atoms with Crippen molar-refractivity contribution in [3.8, 4) is 0 Å². The Morgan fingerprint density at radius 3 is 0.724 bits per heavy atom. The van der Waals surface area contributed by atoms with Gasteiger partial charge in [0.05, 0.1) is 0 Å². The molecule has 0 saturated carbocycles. The van der Waals surface area contributed by atoms with Crippen LogP contribution in [0, 0.1) is 0 Å². The predicted molar refractivity (Wildman–Crippen MR) is 109 cm³/mol. The molecule has 0 atom stereocenters. The number of carboxylic acid groups (broad SMARTS) is 5. The summed E-state index contributed by atoms with van der Waals surface area (Å²) >= 11 is 0. The molecular formula is C14H33Ca2N3O10. The van der Waals surface area contributed by atoms with Crippen LogP contribution in [0.25, 0.3) is 0 Å². The second-order valence-corrected chi connectivity index (χ2v) is 3.92. The zero-order chi connectivity index (χ0) is 23.4. The molecule has 0 aromatic rings. The first kappa shape index (κ1) is 51.4. The van der Waals surface area contributed by atoms with Crippen LogP contribution >= 0.6 is 0 Å². The molecule has 0 saturated heterocycles. The fraction of sp³-hybridized carbons (Fsp3) is 0.643. The Bertz CT molecular complexity index is 293. The molecule has 0 aliphatic rings. The van der Waals surface area contributed by atoms with E-state index in [1.165, 1.54) is 0 Å². The van der Waals surface area contributed by atoms with E-state index in [-0.39, 0.29) is 75.5 Å². The molecular weight excluding hydrogens is 450 g/mol. The Morgan fingerprint density at radius 1 is 0.552 bits per heavy atom. The molecule has 0 rings (SSSR count). The SMILES string of the molecule is CC(=O)O.CC(=O)O.CC(=O)O.CC(=O)O.CC(=O)O.NCCNCCN.[Ca].[Ca]. The molecule has 0 aromatic carbocycles. The van der Waals surface area contributed by atoms with Crippen molar-refractivity contribution >= 4 is 105 Å². The smallest absolute Gasteiger partial charge is 0.300 e. The molecule has 10 N–H and O–H groups in total. The summed E-state index contributed by atoms with van der Waals surface area (Å²) in [6.07, 6.45) is 0. The minimum absolute atomic E-state index is 0. The standard InChI is InChI=1S/C4H13N3.5C2H4O2.2Ca/c5-1-3-7-4-2-6;5*1-2(3)4;;/h7H,1-6H2;5*1H3,(H,3,4);;. The molecule has 4 radical (unpaired) electrons. The van der Waals surface area contributed by atoms with E-state index in [4.69, 9.17) is 61.0 Å². The van der Waals surface area contributed by atoms with Crippen LogP contribution in [-0.2, 0) is 24.0 Å². The van der Waals surface area contributed by atoms with Crippen molar-refractivity contribution in [2.24, 2.45) is 11.5 Å². The zero-order valence-corrected chi connectivity index (χ0v) is 22.1. The van der Waals surface area contributed by atoms with Gasteiger partial charge in [0.1, 0.15) is 0 Å². The molecule has 0 aromatic heterocycles. The summed E-state index contributed by atoms with van der Waals surface area (Å²) < 4.78 is 0. The average molecular weight is 484 g/mol. The van der Waals surface area contributed by atoms with Gasteiger partial charge in [-0.2, -0.15) is 0 Å². The van der Waals surface area contributed by atoms with Crippen molar-refractivity contribution in [2.45, 2.75) is 34.6 Å². The van der Waals surface area contributed by atoms with Gasteiger partial charge in [-0.1, -0.05) is 0 Å². The molecule has 0 unspecified atom stereocenters. The third kappa shape index (κ3) is 1310. The number of carboxylic acids is 5. The van der Waals surface area contributed by atoms with Gasteiger partial charge in [-0.15, -0.1) is 0 Å². The largest absolute Gasteiger partial charge is 0.481 e. The van der Waals surface area contributed by atoms with Crippen molar-refractivity contribution in [3.63, 3.8) is 0 Å². The molecule has 0 amide bonds. The predicted octanol–water partition coefficient (Wildman–Crippen LogP) is -1.81. The van der Waals surface area contributed by atoms with Crippen LogP contribution in [0.4, 0.5) is 0 Å². The van der Waals surface area contributed by atoms with E-state index in [1.807, 2.05) is 0 Å². The second-order valence-electron chi connectivity index (χ2n) is 3.92. The molecule has 0 bridgehead atoms. The monoisotopic (exact) mass is 483 g/mol. The van der Waals surface area contributed by atoms with E-state index in [9.17, 15) is 0 Å². The summed E-state index contributed by atoms with van der Waals surface area (Å²) in [6, 6.07) is 0. The number of nitrogens with two attached hydrogens (primary N) is 2. The first-order valence-corrected chi connectivity index (χ1v) is 7.16. The van der Waals surface area contributed by atoms with E-state index in [0.29, 0.717) is 13.1 Å². The van der Waals surface area contributed by atoms with Crippen LogP contribution in [0.1, 0.15) is 34.6 Å². The first-order chi connectivity index (χ1) is 12.1. The van der Waals surface area contributed by atoms with E-state index in [2.05, 4.69) is 5.32 Å². The fourth-order valence-corrected chi connectivity index (χ4v) is 0.329. The molecule has 0 heterocycles. The van der Waals surface area contributed by atoms with Gasteiger partial charge in [0.2, 0.25) is 0 Å². The van der Waals surface area contributed by atoms with Gasteiger partial charge in [0, 0.05) is 136 Å². The topological polar surface area (TPSA) is 251 Å². The Labute approximate surface area is 230 Å². The average Bonchev–Trinajstić information content (AvgIpc) is 2.35. The molecule has 15 heteroatoms. The molecule has 0 spiro atoms. The Kier molecular flexibility index (Phi) is 90.3. The van der Waals surface area contributed by atoms with Gasteiger partial charge in [0.25, 0.3) is 29.8 Å². The van der Waals surface area contributed by atoms with E-state index >= 15 is 0 Å². The summed E-state index contributed by atoms with van der Waals surface area (Å²) in [5.74, 6) is -4.17. The summed E-state index contributed by atoms with van der Waals surface area (Å²) in [5, 5.41) is 40.1. The number of carbonyl (C=O) groups is 5. The molecule has 168 valence electrons. The van der Waals surface area contributed by atoms with Crippen molar-refractivity contribution in [1.29, 1.82) is 0 Å². The van der Waals surface area contributed by atoms with Crippen LogP contribution in [0.5, 0.6) is 0 Å². The van der Waals surface area contributed by atoms with Gasteiger partial charge in [-0.05, 0) is 0 Å². The fourth-order valence-electron chi connectivity index (χ4n) is 0.329. The maximum atomic E-state index is 9.00. The molecule has 0 aliphatic carbocycles. The Hall–Kier alpha value is -0.251. The Balaban J connectivity index is -0.0000000305. The quantitative estimate of drug-likeness (QED) is 0.162. The van der Waals surface area contributed by atoms with Crippen molar-refractivity contribution in [3.05, 3.63) is 0 Å². The van der Waals surface area contributed by atoms with Crippen LogP contribution in [0.2, 0.25) is 0 Å². The van der Waals surface area contributed by atoms with Crippen molar-refractivity contribution < 1.29 is 49.5 Å². The maximum absolute atomic E-state index is 9.00. The summed E-state index contributed by atoms with van der Waals surface area (Å²) in [4.78, 5) is 45.0. The normalized spacial score (nSPS) is 6.59. The van der Waals surface area contributed by atoms with Crippen LogP contribution in [0.15, 0.2) is 0 Å². The van der Waals surface area contributed by atoms with Gasteiger partial charge in [-0.3, -0.25) is 24.0 Å². The van der Waals surface area contributed by atoms with Crippen molar-refractivity contribution in [2.75, 3.05) is 26.2 Å². The minimum atomic E-state index is -0.833. The first-order valence-electron chi connectivity index (χ1n) is 7.16. The van der Waals surface area contributed by atoms with Crippen LogP contribution < -0.4 is 16.8 Å². The summed E-state index contributed by atoms with van der Waals surface area (Å²) in [5.41, 5.74) is 10.3. The van der Waals surface area contributed by atoms with E-state index < -0.39 is 29.8 Å². The number of hydrogen-bond acceptors (Lipinski definition) is 8. The number of hydrogen-bond donors (Lipinski definition) is 8. The number of aliphatic carboxylic acids is 5. The van der Waals surface area contributed by atoms with Crippen LogP contribution in [-0.4, -0.2) is 157 Å². The number of rotatable bonds is 4. The van der Waals surface area contributed by atoms with Crippen molar-refractivity contribution in [1.82, 2.24) is 5.32 Å². The third-order valence-electron chi connectivity index (χ3n) is 0.642. The minimum Gasteiger partial charge on any atom is -0.481 e. The van der Waals surface area contributed by atoms with Gasteiger partial charge < -0.3 is 42.3 Å². The van der Waals surface area contributed by atoms with Gasteiger partial charge >= 0.3 is 0 Å². The summed E-state index contributed by atoms with van der Waals surface area (Å²) in [7, 11) is 0. The zero-order valence-electron chi connectivity index (χ0n) is 17.7. The third-order valence-corrected chi connectivity index (χ3v) is 0.642. The van der Waals surface area contributed by atoms with Gasteiger partial charge in [0.15, 0.2) is 0 Å². The molecule has 13 nitrogen and oxygen atoms in total.